The second-order valence-electron chi connectivity index (χ2n) is 8.09. The summed E-state index contributed by atoms with van der Waals surface area (Å²) in [6.07, 6.45) is 9.83. The van der Waals surface area contributed by atoms with E-state index in [0.717, 1.165) is 29.8 Å². The molecule has 7 nitrogen and oxygen atoms in total. The predicted molar refractivity (Wildman–Crippen MR) is 110 cm³/mol. The van der Waals surface area contributed by atoms with E-state index in [1.165, 1.54) is 25.0 Å². The SMILES string of the molecule is Fc1ccc(-c2nc3occn3c2-c2ccnc(NC3CC4CCC(C3)N4)n2)cc1. The summed E-state index contributed by atoms with van der Waals surface area (Å²) in [5.41, 5.74) is 3.02. The molecular weight excluding hydrogens is 383 g/mol. The molecule has 6 rings (SSSR count). The van der Waals surface area contributed by atoms with Crippen LogP contribution in [0.1, 0.15) is 25.7 Å². The number of hydrogen-bond donors (Lipinski definition) is 2. The molecule has 2 aliphatic heterocycles. The third kappa shape index (κ3) is 3.04. The maximum Gasteiger partial charge on any atom is 0.306 e. The summed E-state index contributed by atoms with van der Waals surface area (Å²) in [7, 11) is 0. The number of rotatable bonds is 4. The molecule has 1 aromatic carbocycles. The van der Waals surface area contributed by atoms with Gasteiger partial charge in [0.15, 0.2) is 0 Å². The van der Waals surface area contributed by atoms with E-state index in [0.29, 0.717) is 35.6 Å². The Labute approximate surface area is 172 Å². The number of nitrogens with zero attached hydrogens (tertiary/aromatic N) is 4. The van der Waals surface area contributed by atoms with Crippen LogP contribution in [0, 0.1) is 5.82 Å². The van der Waals surface area contributed by atoms with Gasteiger partial charge in [-0.1, -0.05) is 0 Å². The van der Waals surface area contributed by atoms with Gasteiger partial charge in [0.05, 0.1) is 5.69 Å². The zero-order valence-corrected chi connectivity index (χ0v) is 16.3. The molecule has 2 atom stereocenters. The van der Waals surface area contributed by atoms with Crippen molar-refractivity contribution < 1.29 is 8.81 Å². The smallest absolute Gasteiger partial charge is 0.306 e. The maximum absolute atomic E-state index is 13.4. The highest BCUT2D eigenvalue weighted by atomic mass is 19.1. The fraction of sp³-hybridized carbons (Fsp3) is 0.318. The third-order valence-electron chi connectivity index (χ3n) is 6.08. The first-order valence-corrected chi connectivity index (χ1v) is 10.3. The Balaban J connectivity index is 1.37. The van der Waals surface area contributed by atoms with E-state index in [1.54, 1.807) is 24.6 Å². The average Bonchev–Trinajstić information content (AvgIpc) is 3.43. The first kappa shape index (κ1) is 17.6. The first-order valence-electron chi connectivity index (χ1n) is 10.3. The highest BCUT2D eigenvalue weighted by Crippen LogP contribution is 2.33. The van der Waals surface area contributed by atoms with Gasteiger partial charge >= 0.3 is 5.84 Å². The van der Waals surface area contributed by atoms with E-state index < -0.39 is 0 Å². The van der Waals surface area contributed by atoms with Gasteiger partial charge in [-0.15, -0.1) is 0 Å². The topological polar surface area (TPSA) is 80.3 Å². The molecular formula is C22H21FN6O. The second-order valence-corrected chi connectivity index (χ2v) is 8.09. The Morgan fingerprint density at radius 2 is 1.87 bits per heavy atom. The number of fused-ring (bicyclic) bond motifs is 3. The number of halogens is 1. The molecule has 30 heavy (non-hydrogen) atoms. The predicted octanol–water partition coefficient (Wildman–Crippen LogP) is 3.89. The maximum atomic E-state index is 13.4. The average molecular weight is 404 g/mol. The van der Waals surface area contributed by atoms with Gasteiger partial charge in [0.1, 0.15) is 23.5 Å². The molecule has 0 aliphatic carbocycles. The van der Waals surface area contributed by atoms with Crippen molar-refractivity contribution >= 4 is 11.8 Å². The number of anilines is 1. The Bertz CT molecular complexity index is 1190. The quantitative estimate of drug-likeness (QED) is 0.537. The monoisotopic (exact) mass is 404 g/mol. The zero-order chi connectivity index (χ0) is 20.1. The van der Waals surface area contributed by atoms with Crippen molar-refractivity contribution in [3.05, 3.63) is 54.8 Å². The summed E-state index contributed by atoms with van der Waals surface area (Å²) in [6, 6.07) is 9.70. The summed E-state index contributed by atoms with van der Waals surface area (Å²) in [5, 5.41) is 7.18. The van der Waals surface area contributed by atoms with Crippen LogP contribution < -0.4 is 10.6 Å². The second kappa shape index (κ2) is 6.91. The van der Waals surface area contributed by atoms with Gasteiger partial charge in [-0.05, 0) is 56.0 Å². The van der Waals surface area contributed by atoms with Gasteiger partial charge in [-0.25, -0.2) is 14.4 Å². The van der Waals surface area contributed by atoms with E-state index in [4.69, 9.17) is 9.40 Å². The number of nitrogens with one attached hydrogen (secondary N) is 2. The lowest BCUT2D eigenvalue weighted by molar-refractivity contribution is 0.377. The summed E-state index contributed by atoms with van der Waals surface area (Å²) < 4.78 is 20.8. The van der Waals surface area contributed by atoms with Crippen molar-refractivity contribution in [2.75, 3.05) is 5.32 Å². The molecule has 2 N–H and O–H groups in total. The number of imidazole rings is 1. The molecule has 2 saturated heterocycles. The molecule has 2 aliphatic rings. The standard InChI is InChI=1S/C22H21FN6O/c23-14-3-1-13(2-4-14)19-20(29-9-10-30-22(29)28-19)18-7-8-24-21(27-18)26-17-11-15-5-6-16(12-17)25-15/h1-4,7-10,15-17,25H,5-6,11-12H2,(H,24,26,27). The molecule has 4 aromatic rings. The van der Waals surface area contributed by atoms with E-state index in [9.17, 15) is 4.39 Å². The number of benzene rings is 1. The van der Waals surface area contributed by atoms with Crippen LogP contribution in [0.5, 0.6) is 0 Å². The fourth-order valence-electron chi connectivity index (χ4n) is 4.76. The van der Waals surface area contributed by atoms with Crippen LogP contribution in [-0.2, 0) is 0 Å². The molecule has 2 unspecified atom stereocenters. The van der Waals surface area contributed by atoms with Crippen LogP contribution in [-0.4, -0.2) is 37.5 Å². The van der Waals surface area contributed by atoms with Crippen molar-refractivity contribution in [2.45, 2.75) is 43.8 Å². The Kier molecular flexibility index (Phi) is 4.05. The Morgan fingerprint density at radius 1 is 1.07 bits per heavy atom. The van der Waals surface area contributed by atoms with Gasteiger partial charge in [0.25, 0.3) is 0 Å². The van der Waals surface area contributed by atoms with Crippen molar-refractivity contribution in [3.8, 4) is 22.6 Å². The number of oxazole rings is 1. The lowest BCUT2D eigenvalue weighted by atomic mass is 10.0. The van der Waals surface area contributed by atoms with E-state index in [-0.39, 0.29) is 5.82 Å². The molecule has 0 saturated carbocycles. The third-order valence-corrected chi connectivity index (χ3v) is 6.08. The van der Waals surface area contributed by atoms with E-state index in [2.05, 4.69) is 20.6 Å². The highest BCUT2D eigenvalue weighted by molar-refractivity contribution is 5.79. The summed E-state index contributed by atoms with van der Waals surface area (Å²) in [6.45, 7) is 0. The van der Waals surface area contributed by atoms with Crippen LogP contribution in [0.3, 0.4) is 0 Å². The largest absolute Gasteiger partial charge is 0.432 e. The minimum absolute atomic E-state index is 0.285. The molecule has 0 amide bonds. The van der Waals surface area contributed by atoms with Crippen LogP contribution >= 0.6 is 0 Å². The minimum Gasteiger partial charge on any atom is -0.432 e. The van der Waals surface area contributed by atoms with Crippen LogP contribution in [0.15, 0.2) is 53.4 Å². The van der Waals surface area contributed by atoms with E-state index in [1.807, 2.05) is 16.7 Å². The minimum atomic E-state index is -0.285. The van der Waals surface area contributed by atoms with Gasteiger partial charge < -0.3 is 15.1 Å². The van der Waals surface area contributed by atoms with Gasteiger partial charge in [-0.3, -0.25) is 4.40 Å². The van der Waals surface area contributed by atoms with Crippen LogP contribution in [0.25, 0.3) is 28.5 Å². The Morgan fingerprint density at radius 3 is 2.67 bits per heavy atom. The zero-order valence-electron chi connectivity index (χ0n) is 16.3. The molecule has 0 radical (unpaired) electrons. The molecule has 152 valence electrons. The van der Waals surface area contributed by atoms with Gasteiger partial charge in [-0.2, -0.15) is 4.98 Å². The van der Waals surface area contributed by atoms with Crippen molar-refractivity contribution in [1.82, 2.24) is 24.7 Å². The van der Waals surface area contributed by atoms with Gasteiger partial charge in [0.2, 0.25) is 5.95 Å². The van der Waals surface area contributed by atoms with Crippen molar-refractivity contribution in [1.29, 1.82) is 0 Å². The number of hydrogen-bond acceptors (Lipinski definition) is 6. The summed E-state index contributed by atoms with van der Waals surface area (Å²) in [5.74, 6) is 0.794. The summed E-state index contributed by atoms with van der Waals surface area (Å²) in [4.78, 5) is 13.9. The lowest BCUT2D eigenvalue weighted by Gasteiger charge is -2.29. The van der Waals surface area contributed by atoms with E-state index >= 15 is 0 Å². The van der Waals surface area contributed by atoms with Crippen molar-refractivity contribution in [3.63, 3.8) is 0 Å². The molecule has 0 spiro atoms. The number of piperidine rings is 1. The highest BCUT2D eigenvalue weighted by Gasteiger charge is 2.33. The summed E-state index contributed by atoms with van der Waals surface area (Å²) >= 11 is 0. The molecule has 5 heterocycles. The molecule has 3 aromatic heterocycles. The van der Waals surface area contributed by atoms with Crippen LogP contribution in [0.2, 0.25) is 0 Å². The Hall–Kier alpha value is -3.26. The normalized spacial score (nSPS) is 23.2. The lowest BCUT2D eigenvalue weighted by Crippen LogP contribution is -2.43. The molecule has 2 bridgehead atoms. The molecule has 2 fully saturated rings. The first-order chi connectivity index (χ1) is 14.7. The molecule has 8 heteroatoms. The fourth-order valence-corrected chi connectivity index (χ4v) is 4.76. The van der Waals surface area contributed by atoms with Crippen LogP contribution in [0.4, 0.5) is 10.3 Å². The van der Waals surface area contributed by atoms with Gasteiger partial charge in [0, 0.05) is 36.1 Å². The number of aromatic nitrogens is 4. The van der Waals surface area contributed by atoms with Crippen molar-refractivity contribution in [2.24, 2.45) is 0 Å².